The van der Waals surface area contributed by atoms with Gasteiger partial charge in [0.25, 0.3) is 11.8 Å². The molecule has 3 rings (SSSR count). The van der Waals surface area contributed by atoms with Gasteiger partial charge in [-0.25, -0.2) is 0 Å². The highest BCUT2D eigenvalue weighted by atomic mass is 32.1. The Kier molecular flexibility index (Phi) is 5.10. The zero-order valence-electron chi connectivity index (χ0n) is 13.6. The van der Waals surface area contributed by atoms with Crippen LogP contribution in [-0.2, 0) is 4.79 Å². The second kappa shape index (κ2) is 7.63. The van der Waals surface area contributed by atoms with Crippen LogP contribution in [0.4, 0.5) is 6.01 Å². The average molecular weight is 357 g/mol. The zero-order chi connectivity index (χ0) is 17.6. The maximum absolute atomic E-state index is 12.0. The van der Waals surface area contributed by atoms with Crippen molar-refractivity contribution in [3.8, 4) is 23.0 Å². The number of rotatable bonds is 6. The molecule has 0 radical (unpaired) electrons. The number of methoxy groups -OCH3 is 2. The third kappa shape index (κ3) is 4.04. The Morgan fingerprint density at radius 2 is 2.04 bits per heavy atom. The Labute approximate surface area is 147 Å². The number of hydrogen-bond acceptors (Lipinski definition) is 7. The molecule has 0 aliphatic rings. The Morgan fingerprint density at radius 1 is 1.20 bits per heavy atom. The molecule has 1 aromatic carbocycles. The minimum atomic E-state index is -0.379. The molecule has 1 amide bonds. The number of ether oxygens (including phenoxy) is 2. The van der Waals surface area contributed by atoms with Gasteiger partial charge in [-0.05, 0) is 35.2 Å². The summed E-state index contributed by atoms with van der Waals surface area (Å²) in [5.41, 5.74) is 1.61. The molecular formula is C17H15N3O4S. The highest BCUT2D eigenvalue weighted by Gasteiger charge is 2.10. The van der Waals surface area contributed by atoms with Crippen LogP contribution in [0.25, 0.3) is 17.5 Å². The van der Waals surface area contributed by atoms with Crippen molar-refractivity contribution in [3.05, 3.63) is 46.7 Å². The maximum Gasteiger partial charge on any atom is 0.322 e. The number of aromatic nitrogens is 2. The highest BCUT2D eigenvalue weighted by Crippen LogP contribution is 2.28. The standard InChI is InChI=1S/C17H15N3O4S/c1-22-13-5-3-11(9-14(13)23-2)4-6-15(21)18-17-20-19-16(24-17)12-7-8-25-10-12/h3-10H,1-2H3,(H,18,20,21). The molecule has 0 fully saturated rings. The lowest BCUT2D eigenvalue weighted by atomic mass is 10.2. The van der Waals surface area contributed by atoms with E-state index in [4.69, 9.17) is 13.9 Å². The summed E-state index contributed by atoms with van der Waals surface area (Å²) >= 11 is 1.52. The van der Waals surface area contributed by atoms with Crippen molar-refractivity contribution in [2.24, 2.45) is 0 Å². The first-order chi connectivity index (χ1) is 12.2. The normalized spacial score (nSPS) is 10.8. The summed E-state index contributed by atoms with van der Waals surface area (Å²) in [4.78, 5) is 12.0. The van der Waals surface area contributed by atoms with Crippen LogP contribution in [0.15, 0.2) is 45.5 Å². The van der Waals surface area contributed by atoms with Gasteiger partial charge in [0.05, 0.1) is 14.2 Å². The van der Waals surface area contributed by atoms with Gasteiger partial charge >= 0.3 is 6.01 Å². The topological polar surface area (TPSA) is 86.5 Å². The summed E-state index contributed by atoms with van der Waals surface area (Å²) in [5, 5.41) is 14.0. The Bertz CT molecular complexity index is 887. The Hall–Kier alpha value is -3.13. The minimum absolute atomic E-state index is 0.0446. The smallest absolute Gasteiger partial charge is 0.322 e. The first kappa shape index (κ1) is 16.7. The van der Waals surface area contributed by atoms with Gasteiger partial charge in [-0.2, -0.15) is 11.3 Å². The van der Waals surface area contributed by atoms with E-state index in [9.17, 15) is 4.79 Å². The number of thiophene rings is 1. The van der Waals surface area contributed by atoms with Crippen LogP contribution in [0, 0.1) is 0 Å². The summed E-state index contributed by atoms with van der Waals surface area (Å²) in [5.74, 6) is 1.19. The number of hydrogen-bond donors (Lipinski definition) is 1. The molecule has 1 N–H and O–H groups in total. The number of carbonyl (C=O) groups is 1. The zero-order valence-corrected chi connectivity index (χ0v) is 14.4. The number of carbonyl (C=O) groups excluding carboxylic acids is 1. The lowest BCUT2D eigenvalue weighted by Crippen LogP contribution is -2.07. The number of nitrogens with zero attached hydrogens (tertiary/aromatic N) is 2. The predicted molar refractivity (Wildman–Crippen MR) is 94.8 cm³/mol. The van der Waals surface area contributed by atoms with Crippen molar-refractivity contribution in [2.75, 3.05) is 19.5 Å². The third-order valence-corrected chi connectivity index (χ3v) is 3.94. The number of anilines is 1. The maximum atomic E-state index is 12.0. The van der Waals surface area contributed by atoms with Crippen LogP contribution in [0.2, 0.25) is 0 Å². The number of benzene rings is 1. The monoisotopic (exact) mass is 357 g/mol. The van der Waals surface area contributed by atoms with Gasteiger partial charge in [-0.3, -0.25) is 10.1 Å². The van der Waals surface area contributed by atoms with Gasteiger partial charge in [0, 0.05) is 17.0 Å². The lowest BCUT2D eigenvalue weighted by Gasteiger charge is -2.07. The van der Waals surface area contributed by atoms with Crippen LogP contribution in [0.3, 0.4) is 0 Å². The summed E-state index contributed by atoms with van der Waals surface area (Å²) < 4.78 is 15.8. The molecule has 8 heteroatoms. The van der Waals surface area contributed by atoms with Crippen LogP contribution in [0.1, 0.15) is 5.56 Å². The minimum Gasteiger partial charge on any atom is -0.493 e. The Morgan fingerprint density at radius 3 is 2.76 bits per heavy atom. The molecular weight excluding hydrogens is 342 g/mol. The van der Waals surface area contributed by atoms with E-state index in [1.165, 1.54) is 17.4 Å². The fourth-order valence-corrected chi connectivity index (χ4v) is 2.68. The lowest BCUT2D eigenvalue weighted by molar-refractivity contribution is -0.112. The summed E-state index contributed by atoms with van der Waals surface area (Å²) in [7, 11) is 3.12. The van der Waals surface area contributed by atoms with Crippen molar-refractivity contribution in [2.45, 2.75) is 0 Å². The van der Waals surface area contributed by atoms with Crippen molar-refractivity contribution in [1.29, 1.82) is 0 Å². The molecule has 0 unspecified atom stereocenters. The molecule has 2 heterocycles. The van der Waals surface area contributed by atoms with Crippen molar-refractivity contribution in [3.63, 3.8) is 0 Å². The van der Waals surface area contributed by atoms with E-state index >= 15 is 0 Å². The first-order valence-corrected chi connectivity index (χ1v) is 8.21. The van der Waals surface area contributed by atoms with Gasteiger partial charge in [0.1, 0.15) is 0 Å². The van der Waals surface area contributed by atoms with E-state index < -0.39 is 0 Å². The van der Waals surface area contributed by atoms with Gasteiger partial charge in [-0.15, -0.1) is 5.10 Å². The van der Waals surface area contributed by atoms with Crippen molar-refractivity contribution in [1.82, 2.24) is 10.2 Å². The van der Waals surface area contributed by atoms with E-state index in [0.29, 0.717) is 17.4 Å². The van der Waals surface area contributed by atoms with Crippen LogP contribution in [0.5, 0.6) is 11.5 Å². The van der Waals surface area contributed by atoms with Crippen LogP contribution >= 0.6 is 11.3 Å². The summed E-state index contributed by atoms with van der Waals surface area (Å²) in [6.45, 7) is 0. The third-order valence-electron chi connectivity index (χ3n) is 3.26. The molecule has 0 saturated carbocycles. The molecule has 128 valence electrons. The highest BCUT2D eigenvalue weighted by molar-refractivity contribution is 7.08. The molecule has 0 aliphatic carbocycles. The SMILES string of the molecule is COc1ccc(C=CC(=O)Nc2nnc(-c3ccsc3)o2)cc1OC. The predicted octanol–water partition coefficient (Wildman–Crippen LogP) is 3.47. The molecule has 0 spiro atoms. The molecule has 2 aromatic heterocycles. The largest absolute Gasteiger partial charge is 0.493 e. The second-order valence-corrected chi connectivity index (χ2v) is 5.64. The first-order valence-electron chi connectivity index (χ1n) is 7.27. The van der Waals surface area contributed by atoms with Gasteiger partial charge in [0.15, 0.2) is 11.5 Å². The fraction of sp³-hybridized carbons (Fsp3) is 0.118. The van der Waals surface area contributed by atoms with Gasteiger partial charge < -0.3 is 13.9 Å². The van der Waals surface area contributed by atoms with Gasteiger partial charge in [-0.1, -0.05) is 11.2 Å². The molecule has 25 heavy (non-hydrogen) atoms. The Balaban J connectivity index is 1.65. The van der Waals surface area contributed by atoms with Gasteiger partial charge in [0.2, 0.25) is 0 Å². The summed E-state index contributed by atoms with van der Waals surface area (Å²) in [6, 6.07) is 7.25. The molecule has 0 bridgehead atoms. The number of nitrogens with one attached hydrogen (secondary N) is 1. The van der Waals surface area contributed by atoms with Crippen LogP contribution in [-0.4, -0.2) is 30.3 Å². The fourth-order valence-electron chi connectivity index (χ4n) is 2.05. The number of amides is 1. The van der Waals surface area contributed by atoms with E-state index in [1.54, 1.807) is 32.4 Å². The average Bonchev–Trinajstić information content (AvgIpc) is 3.31. The molecule has 0 saturated heterocycles. The van der Waals surface area contributed by atoms with Crippen molar-refractivity contribution < 1.29 is 18.7 Å². The second-order valence-electron chi connectivity index (χ2n) is 4.86. The molecule has 0 atom stereocenters. The van der Waals surface area contributed by atoms with E-state index in [1.807, 2.05) is 22.9 Å². The van der Waals surface area contributed by atoms with E-state index in [2.05, 4.69) is 15.5 Å². The quantitative estimate of drug-likeness (QED) is 0.680. The molecule has 7 nitrogen and oxygen atoms in total. The van der Waals surface area contributed by atoms with E-state index in [0.717, 1.165) is 11.1 Å². The van der Waals surface area contributed by atoms with Crippen molar-refractivity contribution >= 4 is 29.3 Å². The van der Waals surface area contributed by atoms with E-state index in [-0.39, 0.29) is 11.9 Å². The summed E-state index contributed by atoms with van der Waals surface area (Å²) in [6.07, 6.45) is 3.02. The van der Waals surface area contributed by atoms with Crippen LogP contribution < -0.4 is 14.8 Å². The molecule has 3 aromatic rings. The molecule has 0 aliphatic heterocycles.